The van der Waals surface area contributed by atoms with Gasteiger partial charge >= 0.3 is 0 Å². The lowest BCUT2D eigenvalue weighted by Gasteiger charge is -2.43. The molecule has 2 rings (SSSR count). The minimum absolute atomic E-state index is 0.0672. The van der Waals surface area contributed by atoms with E-state index in [0.717, 1.165) is 13.2 Å². The zero-order chi connectivity index (χ0) is 14.8. The molecule has 1 saturated carbocycles. The number of methoxy groups -OCH3 is 1. The number of nitrogens with zero attached hydrogens (tertiary/aromatic N) is 1. The van der Waals surface area contributed by atoms with Gasteiger partial charge in [-0.15, -0.1) is 11.3 Å². The van der Waals surface area contributed by atoms with Gasteiger partial charge in [0.25, 0.3) is 0 Å². The van der Waals surface area contributed by atoms with Gasteiger partial charge in [-0.1, -0.05) is 13.8 Å². The number of thiazole rings is 1. The van der Waals surface area contributed by atoms with E-state index >= 15 is 0 Å². The highest BCUT2D eigenvalue weighted by Gasteiger charge is 2.41. The van der Waals surface area contributed by atoms with Crippen molar-refractivity contribution in [2.45, 2.75) is 58.9 Å². The number of nitrogens with one attached hydrogen (secondary N) is 1. The van der Waals surface area contributed by atoms with Gasteiger partial charge in [-0.3, -0.25) is 0 Å². The van der Waals surface area contributed by atoms with Gasteiger partial charge in [0.05, 0.1) is 17.8 Å². The van der Waals surface area contributed by atoms with Gasteiger partial charge in [-0.25, -0.2) is 4.98 Å². The number of rotatable bonds is 5. The van der Waals surface area contributed by atoms with Gasteiger partial charge in [0.1, 0.15) is 5.01 Å². The number of aromatic nitrogens is 1. The zero-order valence-electron chi connectivity index (χ0n) is 13.5. The smallest absolute Gasteiger partial charge is 0.113 e. The first-order valence-corrected chi connectivity index (χ1v) is 8.39. The van der Waals surface area contributed by atoms with Crippen LogP contribution < -0.4 is 5.32 Å². The fourth-order valence-corrected chi connectivity index (χ4v) is 4.03. The third kappa shape index (κ3) is 3.41. The standard InChI is InChI=1S/C16H28N2OS/c1-12-13(2)20-14(18-12)16(17-10-11-19-5)8-6-15(3,4)7-9-16/h17H,6-11H2,1-5H3. The topological polar surface area (TPSA) is 34.1 Å². The average molecular weight is 296 g/mol. The summed E-state index contributed by atoms with van der Waals surface area (Å²) in [6.07, 6.45) is 4.86. The second kappa shape index (κ2) is 6.12. The second-order valence-electron chi connectivity index (χ2n) is 6.83. The summed E-state index contributed by atoms with van der Waals surface area (Å²) in [5.41, 5.74) is 1.72. The number of hydrogen-bond acceptors (Lipinski definition) is 4. The van der Waals surface area contributed by atoms with Crippen LogP contribution in [0.25, 0.3) is 0 Å². The Kier molecular flexibility index (Phi) is 4.88. The Balaban J connectivity index is 2.20. The fraction of sp³-hybridized carbons (Fsp3) is 0.812. The Hall–Kier alpha value is -0.450. The Morgan fingerprint density at radius 1 is 1.20 bits per heavy atom. The molecule has 0 saturated heterocycles. The van der Waals surface area contributed by atoms with Crippen molar-refractivity contribution in [3.8, 4) is 0 Å². The van der Waals surface area contributed by atoms with Crippen LogP contribution in [-0.4, -0.2) is 25.2 Å². The molecule has 0 radical (unpaired) electrons. The van der Waals surface area contributed by atoms with E-state index in [1.807, 2.05) is 11.3 Å². The first-order chi connectivity index (χ1) is 9.38. The molecule has 0 aromatic carbocycles. The predicted octanol–water partition coefficient (Wildman–Crippen LogP) is 3.79. The predicted molar refractivity (Wildman–Crippen MR) is 85.4 cm³/mol. The molecule has 0 aliphatic heterocycles. The first-order valence-electron chi connectivity index (χ1n) is 7.57. The average Bonchev–Trinajstić information content (AvgIpc) is 2.73. The van der Waals surface area contributed by atoms with Crippen molar-refractivity contribution < 1.29 is 4.74 Å². The maximum absolute atomic E-state index is 5.20. The Bertz CT molecular complexity index is 424. The summed E-state index contributed by atoms with van der Waals surface area (Å²) in [6, 6.07) is 0. The molecule has 1 N–H and O–H groups in total. The molecule has 1 aromatic rings. The van der Waals surface area contributed by atoms with Crippen molar-refractivity contribution in [3.63, 3.8) is 0 Å². The van der Waals surface area contributed by atoms with E-state index in [2.05, 4.69) is 33.0 Å². The molecule has 3 nitrogen and oxygen atoms in total. The maximum atomic E-state index is 5.20. The zero-order valence-corrected chi connectivity index (χ0v) is 14.3. The summed E-state index contributed by atoms with van der Waals surface area (Å²) in [5, 5.41) is 5.03. The third-order valence-corrected chi connectivity index (χ3v) is 5.94. The van der Waals surface area contributed by atoms with Crippen LogP contribution in [0.3, 0.4) is 0 Å². The molecule has 4 heteroatoms. The first kappa shape index (κ1) is 15.9. The lowest BCUT2D eigenvalue weighted by atomic mass is 9.69. The fourth-order valence-electron chi connectivity index (χ4n) is 2.89. The van der Waals surface area contributed by atoms with Crippen LogP contribution in [-0.2, 0) is 10.3 Å². The van der Waals surface area contributed by atoms with E-state index in [4.69, 9.17) is 9.72 Å². The summed E-state index contributed by atoms with van der Waals surface area (Å²) in [7, 11) is 1.76. The van der Waals surface area contributed by atoms with E-state index in [1.165, 1.54) is 41.3 Å². The third-order valence-electron chi connectivity index (χ3n) is 4.66. The van der Waals surface area contributed by atoms with Crippen molar-refractivity contribution in [2.75, 3.05) is 20.3 Å². The summed E-state index contributed by atoms with van der Waals surface area (Å²) < 4.78 is 5.20. The van der Waals surface area contributed by atoms with Gasteiger partial charge in [0, 0.05) is 18.5 Å². The maximum Gasteiger partial charge on any atom is 0.113 e. The van der Waals surface area contributed by atoms with E-state index in [0.29, 0.717) is 5.41 Å². The van der Waals surface area contributed by atoms with Gasteiger partial charge in [-0.05, 0) is 44.9 Å². The quantitative estimate of drug-likeness (QED) is 0.839. The summed E-state index contributed by atoms with van der Waals surface area (Å²) in [5.74, 6) is 0. The van der Waals surface area contributed by atoms with Gasteiger partial charge < -0.3 is 10.1 Å². The van der Waals surface area contributed by atoms with Crippen LogP contribution in [0, 0.1) is 19.3 Å². The monoisotopic (exact) mass is 296 g/mol. The summed E-state index contributed by atoms with van der Waals surface area (Å²) >= 11 is 1.86. The van der Waals surface area contributed by atoms with Crippen LogP contribution in [0.15, 0.2) is 0 Å². The Morgan fingerprint density at radius 2 is 1.85 bits per heavy atom. The number of ether oxygens (including phenoxy) is 1. The van der Waals surface area contributed by atoms with Crippen LogP contribution in [0.4, 0.5) is 0 Å². The molecule has 0 atom stereocenters. The minimum Gasteiger partial charge on any atom is -0.383 e. The van der Waals surface area contributed by atoms with Crippen LogP contribution in [0.2, 0.25) is 0 Å². The highest BCUT2D eigenvalue weighted by molar-refractivity contribution is 7.11. The molecular weight excluding hydrogens is 268 g/mol. The molecule has 1 aromatic heterocycles. The molecule has 1 heterocycles. The molecule has 0 bridgehead atoms. The molecule has 0 unspecified atom stereocenters. The van der Waals surface area contributed by atoms with Crippen molar-refractivity contribution in [3.05, 3.63) is 15.6 Å². The molecule has 114 valence electrons. The van der Waals surface area contributed by atoms with Crippen molar-refractivity contribution in [1.82, 2.24) is 10.3 Å². The lowest BCUT2D eigenvalue weighted by Crippen LogP contribution is -2.47. The molecular formula is C16H28N2OS. The molecule has 0 amide bonds. The lowest BCUT2D eigenvalue weighted by molar-refractivity contribution is 0.119. The second-order valence-corrected chi connectivity index (χ2v) is 8.03. The number of hydrogen-bond donors (Lipinski definition) is 1. The van der Waals surface area contributed by atoms with Crippen molar-refractivity contribution in [1.29, 1.82) is 0 Å². The van der Waals surface area contributed by atoms with E-state index < -0.39 is 0 Å². The molecule has 20 heavy (non-hydrogen) atoms. The molecule has 1 aliphatic carbocycles. The summed E-state index contributed by atoms with van der Waals surface area (Å²) in [6.45, 7) is 10.7. The van der Waals surface area contributed by atoms with Crippen molar-refractivity contribution in [2.24, 2.45) is 5.41 Å². The van der Waals surface area contributed by atoms with E-state index in [9.17, 15) is 0 Å². The Labute approximate surface area is 127 Å². The Morgan fingerprint density at radius 3 is 2.35 bits per heavy atom. The summed E-state index contributed by atoms with van der Waals surface area (Å²) in [4.78, 5) is 6.19. The molecule has 0 spiro atoms. The highest BCUT2D eigenvalue weighted by Crippen LogP contribution is 2.46. The molecule has 1 aliphatic rings. The van der Waals surface area contributed by atoms with Gasteiger partial charge in [-0.2, -0.15) is 0 Å². The van der Waals surface area contributed by atoms with Crippen LogP contribution >= 0.6 is 11.3 Å². The SMILES string of the molecule is COCCNC1(c2nc(C)c(C)s2)CCC(C)(C)CC1. The van der Waals surface area contributed by atoms with E-state index in [-0.39, 0.29) is 5.54 Å². The minimum atomic E-state index is 0.0672. The molecule has 1 fully saturated rings. The van der Waals surface area contributed by atoms with Crippen LogP contribution in [0.1, 0.15) is 55.1 Å². The van der Waals surface area contributed by atoms with Gasteiger partial charge in [0.2, 0.25) is 0 Å². The highest BCUT2D eigenvalue weighted by atomic mass is 32.1. The normalized spacial score (nSPS) is 21.1. The van der Waals surface area contributed by atoms with Crippen molar-refractivity contribution >= 4 is 11.3 Å². The number of aryl methyl sites for hydroxylation is 2. The van der Waals surface area contributed by atoms with Gasteiger partial charge in [0.15, 0.2) is 0 Å². The largest absolute Gasteiger partial charge is 0.383 e. The van der Waals surface area contributed by atoms with Crippen LogP contribution in [0.5, 0.6) is 0 Å². The van der Waals surface area contributed by atoms with E-state index in [1.54, 1.807) is 7.11 Å².